The first-order valence-electron chi connectivity index (χ1n) is 7.79. The molecule has 0 fully saturated rings. The van der Waals surface area contributed by atoms with Crippen molar-refractivity contribution in [2.45, 2.75) is 19.4 Å². The number of carbonyl (C=O) groups excluding carboxylic acids is 1. The van der Waals surface area contributed by atoms with Crippen molar-refractivity contribution in [3.05, 3.63) is 17.3 Å². The molecule has 3 rings (SSSR count). The molecule has 2 N–H and O–H groups in total. The molecule has 1 amide bonds. The van der Waals surface area contributed by atoms with Gasteiger partial charge < -0.3 is 19.7 Å². The first kappa shape index (κ1) is 16.8. The molecule has 0 radical (unpaired) electrons. The van der Waals surface area contributed by atoms with Crippen LogP contribution in [0.1, 0.15) is 11.8 Å². The lowest BCUT2D eigenvalue weighted by Gasteiger charge is -2.44. The van der Waals surface area contributed by atoms with E-state index in [-0.39, 0.29) is 5.54 Å². The van der Waals surface area contributed by atoms with Crippen molar-refractivity contribution in [3.8, 4) is 16.2 Å². The molecule has 2 aromatic heterocycles. The van der Waals surface area contributed by atoms with Crippen molar-refractivity contribution in [2.75, 3.05) is 38.3 Å². The molecule has 24 heavy (non-hydrogen) atoms. The van der Waals surface area contributed by atoms with Crippen LogP contribution in [0.25, 0.3) is 10.4 Å². The molecular formula is C16H22N4O3S. The molecule has 2 aromatic rings. The first-order valence-corrected chi connectivity index (χ1v) is 8.61. The highest BCUT2D eigenvalue weighted by Gasteiger charge is 2.38. The minimum absolute atomic E-state index is 0.353. The van der Waals surface area contributed by atoms with Gasteiger partial charge in [-0.15, -0.1) is 11.3 Å². The quantitative estimate of drug-likeness (QED) is 0.745. The number of ether oxygens (including phenoxy) is 2. The molecule has 1 aliphatic heterocycles. The highest BCUT2D eigenvalue weighted by atomic mass is 32.1. The van der Waals surface area contributed by atoms with Crippen molar-refractivity contribution in [1.29, 1.82) is 0 Å². The zero-order valence-corrected chi connectivity index (χ0v) is 14.9. The number of anilines is 1. The van der Waals surface area contributed by atoms with Gasteiger partial charge in [-0.05, 0) is 13.8 Å². The SMILES string of the molecule is COC[C@@](C)(CNC=O)N1CCOc2c(-c3cn[nH]c3)sc(C)c21. The van der Waals surface area contributed by atoms with Crippen LogP contribution in [0.5, 0.6) is 5.75 Å². The number of hydrogen-bond donors (Lipinski definition) is 2. The third-order valence-corrected chi connectivity index (χ3v) is 5.40. The summed E-state index contributed by atoms with van der Waals surface area (Å²) >= 11 is 1.69. The Morgan fingerprint density at radius 2 is 2.46 bits per heavy atom. The van der Waals surface area contributed by atoms with Gasteiger partial charge in [0.1, 0.15) is 6.61 Å². The molecule has 3 heterocycles. The van der Waals surface area contributed by atoms with Gasteiger partial charge in [-0.2, -0.15) is 5.10 Å². The van der Waals surface area contributed by atoms with E-state index in [9.17, 15) is 4.79 Å². The Morgan fingerprint density at radius 1 is 1.62 bits per heavy atom. The van der Waals surface area contributed by atoms with Gasteiger partial charge >= 0.3 is 0 Å². The number of nitrogens with zero attached hydrogens (tertiary/aromatic N) is 2. The van der Waals surface area contributed by atoms with E-state index in [1.807, 2.05) is 6.20 Å². The van der Waals surface area contributed by atoms with Crippen molar-refractivity contribution in [3.63, 3.8) is 0 Å². The van der Waals surface area contributed by atoms with E-state index < -0.39 is 0 Å². The molecule has 0 aliphatic carbocycles. The van der Waals surface area contributed by atoms with Crippen LogP contribution < -0.4 is 15.0 Å². The van der Waals surface area contributed by atoms with E-state index >= 15 is 0 Å². The van der Waals surface area contributed by atoms with Crippen LogP contribution in [0.2, 0.25) is 0 Å². The maximum atomic E-state index is 10.8. The summed E-state index contributed by atoms with van der Waals surface area (Å²) in [4.78, 5) is 15.3. The summed E-state index contributed by atoms with van der Waals surface area (Å²) in [5.74, 6) is 0.888. The summed E-state index contributed by atoms with van der Waals surface area (Å²) < 4.78 is 11.4. The fourth-order valence-electron chi connectivity index (χ4n) is 3.21. The Hall–Kier alpha value is -2.06. The Balaban J connectivity index is 2.03. The minimum Gasteiger partial charge on any atom is -0.488 e. The number of carbonyl (C=O) groups is 1. The summed E-state index contributed by atoms with van der Waals surface area (Å²) in [6.45, 7) is 6.53. The number of aromatic amines is 1. The van der Waals surface area contributed by atoms with E-state index in [0.717, 1.165) is 34.8 Å². The molecule has 0 saturated carbocycles. The number of amides is 1. The predicted octanol–water partition coefficient (Wildman–Crippen LogP) is 1.80. The summed E-state index contributed by atoms with van der Waals surface area (Å²) in [5, 5.41) is 9.69. The standard InChI is InChI=1S/C16H22N4O3S/c1-11-13-14(15(24-11)12-6-18-19-7-12)23-5-4-20(13)16(2,9-22-3)8-17-10-21/h6-7,10H,4-5,8-9H2,1-3H3,(H,17,21)(H,18,19)/t16-/m1/s1. The second-order valence-electron chi connectivity index (χ2n) is 6.08. The number of H-pyrrole nitrogens is 1. The molecule has 0 saturated heterocycles. The normalized spacial score (nSPS) is 16.2. The number of methoxy groups -OCH3 is 1. The lowest BCUT2D eigenvalue weighted by molar-refractivity contribution is -0.109. The number of aromatic nitrogens is 2. The lowest BCUT2D eigenvalue weighted by Crippen LogP contribution is -2.58. The third-order valence-electron chi connectivity index (χ3n) is 4.27. The van der Waals surface area contributed by atoms with Gasteiger partial charge in [0.2, 0.25) is 6.41 Å². The largest absolute Gasteiger partial charge is 0.488 e. The van der Waals surface area contributed by atoms with E-state index in [0.29, 0.717) is 19.8 Å². The fraction of sp³-hybridized carbons (Fsp3) is 0.500. The minimum atomic E-state index is -0.353. The number of aryl methyl sites for hydroxylation is 1. The lowest BCUT2D eigenvalue weighted by atomic mass is 9.98. The monoisotopic (exact) mass is 350 g/mol. The van der Waals surface area contributed by atoms with Gasteiger partial charge in [-0.3, -0.25) is 9.89 Å². The van der Waals surface area contributed by atoms with Crippen molar-refractivity contribution in [2.24, 2.45) is 0 Å². The van der Waals surface area contributed by atoms with Crippen LogP contribution in [0.4, 0.5) is 5.69 Å². The predicted molar refractivity (Wildman–Crippen MR) is 93.8 cm³/mol. The van der Waals surface area contributed by atoms with E-state index in [2.05, 4.69) is 34.3 Å². The second kappa shape index (κ2) is 6.82. The summed E-state index contributed by atoms with van der Waals surface area (Å²) in [6, 6.07) is 0. The first-order chi connectivity index (χ1) is 11.6. The number of fused-ring (bicyclic) bond motifs is 1. The Kier molecular flexibility index (Phi) is 4.77. The molecule has 0 aromatic carbocycles. The average molecular weight is 350 g/mol. The highest BCUT2D eigenvalue weighted by Crippen LogP contribution is 2.50. The van der Waals surface area contributed by atoms with Crippen LogP contribution >= 0.6 is 11.3 Å². The Morgan fingerprint density at radius 3 is 3.12 bits per heavy atom. The zero-order chi connectivity index (χ0) is 17.2. The van der Waals surface area contributed by atoms with Gasteiger partial charge in [0.15, 0.2) is 5.75 Å². The maximum Gasteiger partial charge on any atom is 0.207 e. The van der Waals surface area contributed by atoms with Gasteiger partial charge in [-0.25, -0.2) is 0 Å². The Bertz CT molecular complexity index is 700. The maximum absolute atomic E-state index is 10.8. The molecule has 0 spiro atoms. The number of rotatable bonds is 7. The summed E-state index contributed by atoms with van der Waals surface area (Å²) in [7, 11) is 1.68. The average Bonchev–Trinajstić information content (AvgIpc) is 3.21. The van der Waals surface area contributed by atoms with Crippen LogP contribution in [0, 0.1) is 6.92 Å². The smallest absolute Gasteiger partial charge is 0.207 e. The summed E-state index contributed by atoms with van der Waals surface area (Å²) in [6.07, 6.45) is 4.40. The van der Waals surface area contributed by atoms with Gasteiger partial charge in [-0.1, -0.05) is 0 Å². The number of thiophene rings is 1. The topological polar surface area (TPSA) is 79.5 Å². The van der Waals surface area contributed by atoms with Crippen molar-refractivity contribution in [1.82, 2.24) is 15.5 Å². The van der Waals surface area contributed by atoms with Crippen LogP contribution in [0.3, 0.4) is 0 Å². The van der Waals surface area contributed by atoms with Crippen LogP contribution in [-0.4, -0.2) is 55.6 Å². The van der Waals surface area contributed by atoms with Crippen molar-refractivity contribution >= 4 is 23.4 Å². The fourth-order valence-corrected chi connectivity index (χ4v) is 4.30. The molecule has 0 bridgehead atoms. The van der Waals surface area contributed by atoms with Gasteiger partial charge in [0.25, 0.3) is 0 Å². The number of hydrogen-bond acceptors (Lipinski definition) is 6. The second-order valence-corrected chi connectivity index (χ2v) is 7.31. The highest BCUT2D eigenvalue weighted by molar-refractivity contribution is 7.16. The summed E-state index contributed by atoms with van der Waals surface area (Å²) in [5.41, 5.74) is 1.74. The van der Waals surface area contributed by atoms with Crippen LogP contribution in [0.15, 0.2) is 12.4 Å². The zero-order valence-electron chi connectivity index (χ0n) is 14.1. The molecule has 8 heteroatoms. The molecule has 1 atom stereocenters. The van der Waals surface area contributed by atoms with E-state index in [1.54, 1.807) is 24.6 Å². The van der Waals surface area contributed by atoms with E-state index in [4.69, 9.17) is 9.47 Å². The van der Waals surface area contributed by atoms with Crippen LogP contribution in [-0.2, 0) is 9.53 Å². The molecule has 0 unspecified atom stereocenters. The number of nitrogens with one attached hydrogen (secondary N) is 2. The molecular weight excluding hydrogens is 328 g/mol. The third kappa shape index (κ3) is 2.87. The van der Waals surface area contributed by atoms with Gasteiger partial charge in [0, 0.05) is 30.3 Å². The van der Waals surface area contributed by atoms with Gasteiger partial charge in [0.05, 0.1) is 35.5 Å². The van der Waals surface area contributed by atoms with E-state index in [1.165, 1.54) is 4.88 Å². The molecule has 7 nitrogen and oxygen atoms in total. The Labute approximate surface area is 145 Å². The molecule has 130 valence electrons. The molecule has 1 aliphatic rings. The van der Waals surface area contributed by atoms with Crippen molar-refractivity contribution < 1.29 is 14.3 Å².